The molecule has 0 atom stereocenters. The molecule has 0 radical (unpaired) electrons. The second-order valence-corrected chi connectivity index (χ2v) is 2.61. The van der Waals surface area contributed by atoms with Crippen molar-refractivity contribution in [1.82, 2.24) is 14.6 Å². The molecule has 4 heteroatoms. The van der Waals surface area contributed by atoms with Gasteiger partial charge in [-0.2, -0.15) is 5.10 Å². The van der Waals surface area contributed by atoms with Crippen molar-refractivity contribution < 1.29 is 4.79 Å². The van der Waals surface area contributed by atoms with Crippen LogP contribution in [0.15, 0.2) is 24.5 Å². The van der Waals surface area contributed by atoms with Gasteiger partial charge >= 0.3 is 0 Å². The number of nitrogens with zero attached hydrogens (tertiary/aromatic N) is 3. The van der Waals surface area contributed by atoms with E-state index in [1.54, 1.807) is 16.9 Å². The predicted octanol–water partition coefficient (Wildman–Crippen LogP) is 0.670. The van der Waals surface area contributed by atoms with Crippen molar-refractivity contribution in [1.29, 1.82) is 0 Å². The van der Waals surface area contributed by atoms with Crippen molar-refractivity contribution in [3.8, 4) is 11.8 Å². The van der Waals surface area contributed by atoms with Gasteiger partial charge in [0.25, 0.3) is 0 Å². The number of aromatic nitrogens is 3. The van der Waals surface area contributed by atoms with Gasteiger partial charge in [-0.25, -0.2) is 9.50 Å². The van der Waals surface area contributed by atoms with Crippen LogP contribution < -0.4 is 0 Å². The zero-order chi connectivity index (χ0) is 9.80. The van der Waals surface area contributed by atoms with Crippen LogP contribution in [0.4, 0.5) is 0 Å². The Morgan fingerprint density at radius 3 is 3.36 bits per heavy atom. The van der Waals surface area contributed by atoms with Gasteiger partial charge in [-0.05, 0) is 18.1 Å². The zero-order valence-electron chi connectivity index (χ0n) is 7.34. The normalized spacial score (nSPS) is 9.43. The first-order valence-corrected chi connectivity index (χ1v) is 4.13. The van der Waals surface area contributed by atoms with Gasteiger partial charge in [-0.3, -0.25) is 0 Å². The van der Waals surface area contributed by atoms with E-state index in [1.807, 2.05) is 12.1 Å². The molecule has 0 fully saturated rings. The third-order valence-electron chi connectivity index (χ3n) is 1.68. The van der Waals surface area contributed by atoms with E-state index in [9.17, 15) is 4.79 Å². The average Bonchev–Trinajstić information content (AvgIpc) is 2.63. The maximum absolute atomic E-state index is 10.1. The molecule has 4 nitrogen and oxygen atoms in total. The molecule has 2 aromatic rings. The van der Waals surface area contributed by atoms with E-state index in [2.05, 4.69) is 21.9 Å². The number of hydrogen-bond acceptors (Lipinski definition) is 3. The first-order chi connectivity index (χ1) is 6.92. The van der Waals surface area contributed by atoms with E-state index in [4.69, 9.17) is 0 Å². The van der Waals surface area contributed by atoms with Crippen LogP contribution in [0.3, 0.4) is 0 Å². The molecule has 0 aliphatic rings. The molecular weight excluding hydrogens is 178 g/mol. The van der Waals surface area contributed by atoms with E-state index in [0.717, 1.165) is 11.9 Å². The highest BCUT2D eigenvalue weighted by molar-refractivity contribution is 5.55. The van der Waals surface area contributed by atoms with Crippen molar-refractivity contribution in [2.75, 3.05) is 0 Å². The summed E-state index contributed by atoms with van der Waals surface area (Å²) in [5.41, 5.74) is 1.45. The minimum atomic E-state index is 0.236. The summed E-state index contributed by atoms with van der Waals surface area (Å²) >= 11 is 0. The third-order valence-corrected chi connectivity index (χ3v) is 1.68. The first-order valence-electron chi connectivity index (χ1n) is 4.13. The Hall–Kier alpha value is -2.15. The largest absolute Gasteiger partial charge is 0.302 e. The molecule has 0 N–H and O–H groups in total. The van der Waals surface area contributed by atoms with E-state index in [0.29, 0.717) is 5.69 Å². The van der Waals surface area contributed by atoms with Crippen molar-refractivity contribution in [3.63, 3.8) is 0 Å². The topological polar surface area (TPSA) is 47.3 Å². The fraction of sp³-hybridized carbons (Fsp3) is 0.100. The Bertz CT molecular complexity index is 519. The minimum absolute atomic E-state index is 0.236. The highest BCUT2D eigenvalue weighted by atomic mass is 16.1. The summed E-state index contributed by atoms with van der Waals surface area (Å²) in [6.45, 7) is 0. The van der Waals surface area contributed by atoms with E-state index >= 15 is 0 Å². The van der Waals surface area contributed by atoms with Gasteiger partial charge in [0, 0.05) is 6.20 Å². The van der Waals surface area contributed by atoms with Gasteiger partial charge in [-0.15, -0.1) is 0 Å². The summed E-state index contributed by atoms with van der Waals surface area (Å²) in [5, 5.41) is 4.08. The minimum Gasteiger partial charge on any atom is -0.302 e. The molecule has 2 aromatic heterocycles. The van der Waals surface area contributed by atoms with Crippen LogP contribution in [-0.2, 0) is 4.79 Å². The summed E-state index contributed by atoms with van der Waals surface area (Å²) in [5.74, 6) is 5.54. The lowest BCUT2D eigenvalue weighted by molar-refractivity contribution is -0.107. The van der Waals surface area contributed by atoms with Gasteiger partial charge in [0.15, 0.2) is 5.65 Å². The summed E-state index contributed by atoms with van der Waals surface area (Å²) in [6, 6.07) is 3.66. The Labute approximate surface area is 80.6 Å². The van der Waals surface area contributed by atoms with Gasteiger partial charge < -0.3 is 4.79 Å². The fourth-order valence-corrected chi connectivity index (χ4v) is 1.10. The fourth-order valence-electron chi connectivity index (χ4n) is 1.10. The SMILES string of the molecule is O=CCC#Cc1cnc2cccnn12. The standard InChI is InChI=1S/C10H7N3O/c14-7-2-1-4-9-8-11-10-5-3-6-12-13(9)10/h3,5-8H,2H2. The summed E-state index contributed by atoms with van der Waals surface area (Å²) < 4.78 is 1.64. The molecule has 0 spiro atoms. The molecule has 0 aromatic carbocycles. The number of carbonyl (C=O) groups excluding carboxylic acids is 1. The van der Waals surface area contributed by atoms with Crippen LogP contribution >= 0.6 is 0 Å². The Balaban J connectivity index is 2.44. The van der Waals surface area contributed by atoms with Gasteiger partial charge in [0.05, 0.1) is 12.6 Å². The Kier molecular flexibility index (Phi) is 2.24. The molecule has 0 saturated carbocycles. The average molecular weight is 185 g/mol. The number of imidazole rings is 1. The smallest absolute Gasteiger partial charge is 0.154 e. The maximum Gasteiger partial charge on any atom is 0.154 e. The second kappa shape index (κ2) is 3.71. The highest BCUT2D eigenvalue weighted by Gasteiger charge is 1.98. The van der Waals surface area contributed by atoms with Gasteiger partial charge in [0.2, 0.25) is 0 Å². The number of fused-ring (bicyclic) bond motifs is 1. The van der Waals surface area contributed by atoms with Gasteiger partial charge in [-0.1, -0.05) is 5.92 Å². The van der Waals surface area contributed by atoms with Crippen LogP contribution in [0.5, 0.6) is 0 Å². The number of hydrogen-bond donors (Lipinski definition) is 0. The van der Waals surface area contributed by atoms with E-state index < -0.39 is 0 Å². The molecule has 2 heterocycles. The second-order valence-electron chi connectivity index (χ2n) is 2.61. The lowest BCUT2D eigenvalue weighted by Gasteiger charge is -1.90. The van der Waals surface area contributed by atoms with Crippen molar-refractivity contribution in [3.05, 3.63) is 30.2 Å². The summed E-state index contributed by atoms with van der Waals surface area (Å²) in [6.07, 6.45) is 4.31. The highest BCUT2D eigenvalue weighted by Crippen LogP contribution is 2.01. The molecule has 0 aliphatic carbocycles. The van der Waals surface area contributed by atoms with Crippen molar-refractivity contribution >= 4 is 11.9 Å². The maximum atomic E-state index is 10.1. The first kappa shape index (κ1) is 8.45. The van der Waals surface area contributed by atoms with E-state index in [-0.39, 0.29) is 6.42 Å². The lowest BCUT2D eigenvalue weighted by atomic mass is 10.4. The Morgan fingerprint density at radius 2 is 2.50 bits per heavy atom. The van der Waals surface area contributed by atoms with E-state index in [1.165, 1.54) is 0 Å². The van der Waals surface area contributed by atoms with Crippen LogP contribution in [0, 0.1) is 11.8 Å². The van der Waals surface area contributed by atoms with Crippen LogP contribution in [-0.4, -0.2) is 20.9 Å². The molecule has 0 amide bonds. The molecule has 68 valence electrons. The predicted molar refractivity (Wildman–Crippen MR) is 50.5 cm³/mol. The van der Waals surface area contributed by atoms with Crippen LogP contribution in [0.25, 0.3) is 5.65 Å². The molecule has 0 unspecified atom stereocenters. The summed E-state index contributed by atoms with van der Waals surface area (Å²) in [7, 11) is 0. The molecule has 0 bridgehead atoms. The van der Waals surface area contributed by atoms with Crippen molar-refractivity contribution in [2.45, 2.75) is 6.42 Å². The molecule has 0 aliphatic heterocycles. The molecular formula is C10H7N3O. The Morgan fingerprint density at radius 1 is 1.57 bits per heavy atom. The monoisotopic (exact) mass is 185 g/mol. The number of rotatable bonds is 1. The zero-order valence-corrected chi connectivity index (χ0v) is 7.34. The third kappa shape index (κ3) is 1.48. The quantitative estimate of drug-likeness (QED) is 0.484. The van der Waals surface area contributed by atoms with Crippen LogP contribution in [0.2, 0.25) is 0 Å². The molecule has 0 saturated heterocycles. The van der Waals surface area contributed by atoms with Crippen molar-refractivity contribution in [2.24, 2.45) is 0 Å². The number of carbonyl (C=O) groups is 1. The molecule has 14 heavy (non-hydrogen) atoms. The lowest BCUT2D eigenvalue weighted by Crippen LogP contribution is -1.92. The van der Waals surface area contributed by atoms with Crippen LogP contribution in [0.1, 0.15) is 12.1 Å². The van der Waals surface area contributed by atoms with Gasteiger partial charge in [0.1, 0.15) is 12.0 Å². The summed E-state index contributed by atoms with van der Waals surface area (Å²) in [4.78, 5) is 14.2. The number of aldehydes is 1. The molecule has 2 rings (SSSR count).